The van der Waals surface area contributed by atoms with E-state index in [1.807, 2.05) is 47.9 Å². The van der Waals surface area contributed by atoms with Crippen LogP contribution >= 0.6 is 11.6 Å². The van der Waals surface area contributed by atoms with Gasteiger partial charge in [0.15, 0.2) is 0 Å². The smallest absolute Gasteiger partial charge is 0.240 e. The number of carbonyl (C=O) groups is 3. The molecule has 2 aliphatic heterocycles. The maximum atomic E-state index is 13.8. The van der Waals surface area contributed by atoms with Gasteiger partial charge in [-0.3, -0.25) is 19.7 Å². The molecule has 0 saturated carbocycles. The number of nitrogens with one attached hydrogen (secondary N) is 2. The first-order chi connectivity index (χ1) is 19.1. The van der Waals surface area contributed by atoms with Gasteiger partial charge in [0, 0.05) is 70.2 Å². The summed E-state index contributed by atoms with van der Waals surface area (Å²) >= 11 is 6.09. The van der Waals surface area contributed by atoms with E-state index in [2.05, 4.69) is 34.5 Å². The number of carbonyl (C=O) groups excluding carboxylic acids is 3. The molecule has 10 heteroatoms. The Hall–Kier alpha value is -2.20. The molecule has 0 radical (unpaired) electrons. The number of piperidine rings is 1. The van der Waals surface area contributed by atoms with E-state index in [1.54, 1.807) is 6.92 Å². The van der Waals surface area contributed by atoms with Crippen molar-refractivity contribution >= 4 is 29.3 Å². The molecule has 1 aromatic rings. The maximum Gasteiger partial charge on any atom is 0.240 e. The Bertz CT molecular complexity index is 959. The minimum Gasteiger partial charge on any atom is -0.343 e. The summed E-state index contributed by atoms with van der Waals surface area (Å²) < 4.78 is 0. The van der Waals surface area contributed by atoms with E-state index in [0.29, 0.717) is 42.9 Å². The number of likely N-dealkylation sites (tertiary alicyclic amines) is 1. The van der Waals surface area contributed by atoms with Crippen molar-refractivity contribution in [3.63, 3.8) is 0 Å². The Morgan fingerprint density at radius 3 is 2.15 bits per heavy atom. The molecular weight excluding hydrogens is 528 g/mol. The molecule has 0 aromatic heterocycles. The SMILES string of the molecule is CCCC(=O)NC(C)N[C@H](Cc1ccc(Cl)cc1)C(=O)N1CCN(N(CC(C)C)C2CCN(C(C)=O)CC2)CC1. The number of rotatable bonds is 12. The van der Waals surface area contributed by atoms with Crippen LogP contribution in [0.2, 0.25) is 5.02 Å². The number of hydrazine groups is 1. The minimum absolute atomic E-state index is 0.0202. The van der Waals surface area contributed by atoms with Gasteiger partial charge < -0.3 is 15.1 Å². The molecule has 3 amide bonds. The third-order valence-electron chi connectivity index (χ3n) is 7.77. The molecule has 1 aromatic carbocycles. The minimum atomic E-state index is -0.465. The van der Waals surface area contributed by atoms with Gasteiger partial charge in [-0.05, 0) is 56.2 Å². The molecule has 2 saturated heterocycles. The van der Waals surface area contributed by atoms with E-state index in [1.165, 1.54) is 0 Å². The van der Waals surface area contributed by atoms with Crippen molar-refractivity contribution in [3.05, 3.63) is 34.9 Å². The van der Waals surface area contributed by atoms with Crippen LogP contribution in [0.25, 0.3) is 0 Å². The number of piperazine rings is 1. The lowest BCUT2D eigenvalue weighted by Crippen LogP contribution is -2.62. The van der Waals surface area contributed by atoms with E-state index < -0.39 is 6.04 Å². The molecule has 0 aliphatic carbocycles. The average molecular weight is 577 g/mol. The predicted molar refractivity (Wildman–Crippen MR) is 160 cm³/mol. The fourth-order valence-corrected chi connectivity index (χ4v) is 5.83. The van der Waals surface area contributed by atoms with Gasteiger partial charge in [-0.15, -0.1) is 0 Å². The highest BCUT2D eigenvalue weighted by atomic mass is 35.5. The topological polar surface area (TPSA) is 88.2 Å². The summed E-state index contributed by atoms with van der Waals surface area (Å²) in [7, 11) is 0. The van der Waals surface area contributed by atoms with Crippen molar-refractivity contribution in [2.45, 2.75) is 85.0 Å². The van der Waals surface area contributed by atoms with E-state index >= 15 is 0 Å². The van der Waals surface area contributed by atoms with Crippen LogP contribution in [-0.4, -0.2) is 102 Å². The number of hydrogen-bond donors (Lipinski definition) is 2. The summed E-state index contributed by atoms with van der Waals surface area (Å²) in [6.07, 6.45) is 3.37. The highest BCUT2D eigenvalue weighted by Gasteiger charge is 2.34. The van der Waals surface area contributed by atoms with Crippen LogP contribution < -0.4 is 10.6 Å². The lowest BCUT2D eigenvalue weighted by molar-refractivity contribution is -0.145. The predicted octanol–water partition coefficient (Wildman–Crippen LogP) is 3.13. The van der Waals surface area contributed by atoms with Crippen molar-refractivity contribution in [2.24, 2.45) is 5.92 Å². The number of benzene rings is 1. The zero-order valence-electron chi connectivity index (χ0n) is 25.0. The second-order valence-electron chi connectivity index (χ2n) is 11.6. The Labute approximate surface area is 245 Å². The van der Waals surface area contributed by atoms with Crippen LogP contribution in [0.4, 0.5) is 0 Å². The summed E-state index contributed by atoms with van der Waals surface area (Å²) in [5, 5.41) is 11.9. The van der Waals surface area contributed by atoms with Crippen molar-refractivity contribution in [1.29, 1.82) is 0 Å². The first-order valence-electron chi connectivity index (χ1n) is 14.9. The molecule has 2 heterocycles. The summed E-state index contributed by atoms with van der Waals surface area (Å²) in [5.41, 5.74) is 1.01. The van der Waals surface area contributed by atoms with E-state index in [4.69, 9.17) is 11.6 Å². The monoisotopic (exact) mass is 576 g/mol. The largest absolute Gasteiger partial charge is 0.343 e. The summed E-state index contributed by atoms with van der Waals surface area (Å²) in [6, 6.07) is 7.52. The average Bonchev–Trinajstić information content (AvgIpc) is 2.92. The van der Waals surface area contributed by atoms with Crippen LogP contribution in [0, 0.1) is 5.92 Å². The molecule has 2 fully saturated rings. The molecule has 2 N–H and O–H groups in total. The molecule has 0 spiro atoms. The fraction of sp³-hybridized carbons (Fsp3) is 0.700. The molecule has 40 heavy (non-hydrogen) atoms. The summed E-state index contributed by atoms with van der Waals surface area (Å²) in [4.78, 5) is 41.7. The van der Waals surface area contributed by atoms with E-state index in [0.717, 1.165) is 57.5 Å². The van der Waals surface area contributed by atoms with Crippen molar-refractivity contribution in [3.8, 4) is 0 Å². The first kappa shape index (κ1) is 32.3. The first-order valence-corrected chi connectivity index (χ1v) is 15.3. The third-order valence-corrected chi connectivity index (χ3v) is 8.02. The van der Waals surface area contributed by atoms with E-state index in [9.17, 15) is 14.4 Å². The van der Waals surface area contributed by atoms with Crippen LogP contribution in [0.3, 0.4) is 0 Å². The van der Waals surface area contributed by atoms with Gasteiger partial charge in [0.2, 0.25) is 17.7 Å². The zero-order chi connectivity index (χ0) is 29.2. The quantitative estimate of drug-likeness (QED) is 0.372. The lowest BCUT2D eigenvalue weighted by atomic mass is 10.0. The second-order valence-corrected chi connectivity index (χ2v) is 12.1. The number of hydrogen-bond acceptors (Lipinski definition) is 6. The Kier molecular flexibility index (Phi) is 12.7. The van der Waals surface area contributed by atoms with Gasteiger partial charge in [0.05, 0.1) is 12.2 Å². The number of amides is 3. The Morgan fingerprint density at radius 1 is 0.975 bits per heavy atom. The molecule has 2 atom stereocenters. The maximum absolute atomic E-state index is 13.8. The van der Waals surface area contributed by atoms with Crippen LogP contribution in [0.15, 0.2) is 24.3 Å². The molecule has 1 unspecified atom stereocenters. The van der Waals surface area contributed by atoms with Crippen LogP contribution in [0.5, 0.6) is 0 Å². The fourth-order valence-electron chi connectivity index (χ4n) is 5.70. The van der Waals surface area contributed by atoms with Crippen LogP contribution in [0.1, 0.15) is 65.9 Å². The highest BCUT2D eigenvalue weighted by Crippen LogP contribution is 2.22. The normalized spacial score (nSPS) is 18.7. The van der Waals surface area contributed by atoms with Gasteiger partial charge in [0.1, 0.15) is 0 Å². The standard InChI is InChI=1S/C30H49ClN6O3/c1-6-7-29(39)33-23(4)32-28(20-25-8-10-26(31)11-9-25)30(40)35-16-18-36(19-17-35)37(21-22(2)3)27-12-14-34(15-13-27)24(5)38/h8-11,22-23,27-28,32H,6-7,12-21H2,1-5H3,(H,33,39)/t23?,28-/m1/s1. The van der Waals surface area contributed by atoms with Gasteiger partial charge >= 0.3 is 0 Å². The highest BCUT2D eigenvalue weighted by molar-refractivity contribution is 6.30. The second kappa shape index (κ2) is 15.7. The van der Waals surface area contributed by atoms with Crippen molar-refractivity contribution in [1.82, 2.24) is 30.5 Å². The van der Waals surface area contributed by atoms with Gasteiger partial charge in [0.25, 0.3) is 0 Å². The van der Waals surface area contributed by atoms with Gasteiger partial charge in [-0.1, -0.05) is 44.5 Å². The van der Waals surface area contributed by atoms with Crippen molar-refractivity contribution in [2.75, 3.05) is 45.8 Å². The summed E-state index contributed by atoms with van der Waals surface area (Å²) in [5.74, 6) is 0.703. The van der Waals surface area contributed by atoms with Gasteiger partial charge in [-0.25, -0.2) is 10.0 Å². The third kappa shape index (κ3) is 9.72. The molecule has 224 valence electrons. The Morgan fingerprint density at radius 2 is 1.60 bits per heavy atom. The van der Waals surface area contributed by atoms with Crippen molar-refractivity contribution < 1.29 is 14.4 Å². The summed E-state index contributed by atoms with van der Waals surface area (Å²) in [6.45, 7) is 15.4. The number of halogens is 1. The van der Waals surface area contributed by atoms with Crippen LogP contribution in [-0.2, 0) is 20.8 Å². The number of nitrogens with zero attached hydrogens (tertiary/aromatic N) is 4. The van der Waals surface area contributed by atoms with Gasteiger partial charge in [-0.2, -0.15) is 0 Å². The van der Waals surface area contributed by atoms with E-state index in [-0.39, 0.29) is 23.9 Å². The molecule has 0 bridgehead atoms. The molecule has 2 aliphatic rings. The zero-order valence-corrected chi connectivity index (χ0v) is 25.8. The molecular formula is C30H49ClN6O3. The molecule has 9 nitrogen and oxygen atoms in total. The Balaban J connectivity index is 1.65. The molecule has 3 rings (SSSR count). The lowest BCUT2D eigenvalue weighted by Gasteiger charge is -2.47.